The predicted molar refractivity (Wildman–Crippen MR) is 74.1 cm³/mol. The zero-order chi connectivity index (χ0) is 13.5. The monoisotopic (exact) mass is 270 g/mol. The van der Waals surface area contributed by atoms with Crippen LogP contribution in [-0.2, 0) is 0 Å². The first-order valence-corrected chi connectivity index (χ1v) is 6.35. The Labute approximate surface area is 112 Å². The van der Waals surface area contributed by atoms with Crippen LogP contribution < -0.4 is 10.6 Å². The summed E-state index contributed by atoms with van der Waals surface area (Å²) in [5.41, 5.74) is 1.64. The summed E-state index contributed by atoms with van der Waals surface area (Å²) in [7, 11) is 0. The number of benzene rings is 1. The second-order valence-electron chi connectivity index (χ2n) is 4.33. The van der Waals surface area contributed by atoms with E-state index in [9.17, 15) is 4.79 Å². The molecule has 1 unspecified atom stereocenters. The van der Waals surface area contributed by atoms with Crippen LogP contribution in [0.4, 0.5) is 10.5 Å². The first kappa shape index (κ1) is 14.8. The third-order valence-electron chi connectivity index (χ3n) is 2.60. The molecule has 5 heteroatoms. The van der Waals surface area contributed by atoms with Crippen LogP contribution in [-0.4, -0.2) is 23.8 Å². The number of aliphatic hydroxyl groups is 1. The minimum atomic E-state index is -0.264. The van der Waals surface area contributed by atoms with E-state index in [1.54, 1.807) is 12.1 Å². The fourth-order valence-electron chi connectivity index (χ4n) is 1.53. The van der Waals surface area contributed by atoms with E-state index in [-0.39, 0.29) is 18.7 Å². The van der Waals surface area contributed by atoms with Gasteiger partial charge in [0.25, 0.3) is 0 Å². The lowest BCUT2D eigenvalue weighted by Crippen LogP contribution is -2.36. The number of hydrogen-bond donors (Lipinski definition) is 3. The number of hydrogen-bond acceptors (Lipinski definition) is 2. The highest BCUT2D eigenvalue weighted by molar-refractivity contribution is 6.31. The van der Waals surface area contributed by atoms with Crippen molar-refractivity contribution in [3.8, 4) is 0 Å². The standard InChI is InChI=1S/C13H19ClN2O2/c1-9-5-6-11(8-12(9)14)16-13(18)15-10(2)4-3-7-17/h5-6,8,10,17H,3-4,7H2,1-2H3,(H2,15,16,18). The van der Waals surface area contributed by atoms with Gasteiger partial charge in [-0.15, -0.1) is 0 Å². The van der Waals surface area contributed by atoms with Crippen molar-refractivity contribution in [2.75, 3.05) is 11.9 Å². The van der Waals surface area contributed by atoms with Gasteiger partial charge in [0.05, 0.1) is 0 Å². The summed E-state index contributed by atoms with van der Waals surface area (Å²) in [6, 6.07) is 5.14. The average Bonchev–Trinajstić information content (AvgIpc) is 2.31. The van der Waals surface area contributed by atoms with E-state index in [1.807, 2.05) is 19.9 Å². The van der Waals surface area contributed by atoms with E-state index >= 15 is 0 Å². The molecule has 3 N–H and O–H groups in total. The van der Waals surface area contributed by atoms with Gasteiger partial charge in [0.2, 0.25) is 0 Å². The highest BCUT2D eigenvalue weighted by atomic mass is 35.5. The largest absolute Gasteiger partial charge is 0.396 e. The summed E-state index contributed by atoms with van der Waals surface area (Å²) in [5.74, 6) is 0. The van der Waals surface area contributed by atoms with E-state index in [0.717, 1.165) is 12.0 Å². The summed E-state index contributed by atoms with van der Waals surface area (Å²) in [6.45, 7) is 3.95. The molecule has 0 aliphatic heterocycles. The van der Waals surface area contributed by atoms with Gasteiger partial charge in [-0.25, -0.2) is 4.79 Å². The van der Waals surface area contributed by atoms with Gasteiger partial charge in [0.15, 0.2) is 0 Å². The first-order chi connectivity index (χ1) is 8.52. The van der Waals surface area contributed by atoms with E-state index in [1.165, 1.54) is 0 Å². The normalized spacial score (nSPS) is 12.0. The Balaban J connectivity index is 2.46. The van der Waals surface area contributed by atoms with Crippen molar-refractivity contribution in [2.45, 2.75) is 32.7 Å². The molecule has 0 aliphatic carbocycles. The van der Waals surface area contributed by atoms with Gasteiger partial charge in [-0.3, -0.25) is 0 Å². The maximum atomic E-state index is 11.7. The zero-order valence-electron chi connectivity index (χ0n) is 10.7. The van der Waals surface area contributed by atoms with Gasteiger partial charge in [-0.05, 0) is 44.4 Å². The van der Waals surface area contributed by atoms with Crippen molar-refractivity contribution in [3.05, 3.63) is 28.8 Å². The molecule has 2 amide bonds. The van der Waals surface area contributed by atoms with Crippen molar-refractivity contribution in [2.24, 2.45) is 0 Å². The Kier molecular flexibility index (Phi) is 5.95. The summed E-state index contributed by atoms with van der Waals surface area (Å²) in [5, 5.41) is 14.8. The molecular weight excluding hydrogens is 252 g/mol. The molecule has 0 heterocycles. The highest BCUT2D eigenvalue weighted by Crippen LogP contribution is 2.19. The lowest BCUT2D eigenvalue weighted by molar-refractivity contribution is 0.245. The van der Waals surface area contributed by atoms with Crippen molar-refractivity contribution >= 4 is 23.3 Å². The Morgan fingerprint density at radius 1 is 1.50 bits per heavy atom. The number of nitrogens with one attached hydrogen (secondary N) is 2. The summed E-state index contributed by atoms with van der Waals surface area (Å²) in [4.78, 5) is 11.7. The second-order valence-corrected chi connectivity index (χ2v) is 4.74. The van der Waals surface area contributed by atoms with E-state index in [0.29, 0.717) is 17.1 Å². The molecule has 0 fully saturated rings. The lowest BCUT2D eigenvalue weighted by atomic mass is 10.2. The van der Waals surface area contributed by atoms with E-state index < -0.39 is 0 Å². The molecule has 1 aromatic rings. The van der Waals surface area contributed by atoms with Crippen molar-refractivity contribution < 1.29 is 9.90 Å². The molecular formula is C13H19ClN2O2. The van der Waals surface area contributed by atoms with Crippen LogP contribution in [0.5, 0.6) is 0 Å². The molecule has 1 aromatic carbocycles. The van der Waals surface area contributed by atoms with Gasteiger partial charge < -0.3 is 15.7 Å². The quantitative estimate of drug-likeness (QED) is 0.770. The summed E-state index contributed by atoms with van der Waals surface area (Å²) < 4.78 is 0. The maximum absolute atomic E-state index is 11.7. The number of amides is 2. The Morgan fingerprint density at radius 3 is 2.83 bits per heavy atom. The summed E-state index contributed by atoms with van der Waals surface area (Å²) >= 11 is 5.97. The van der Waals surface area contributed by atoms with Crippen LogP contribution in [0.1, 0.15) is 25.3 Å². The fourth-order valence-corrected chi connectivity index (χ4v) is 1.71. The fraction of sp³-hybridized carbons (Fsp3) is 0.462. The van der Waals surface area contributed by atoms with Crippen molar-refractivity contribution in [3.63, 3.8) is 0 Å². The predicted octanol–water partition coefficient (Wildman–Crippen LogP) is 2.93. The molecule has 4 nitrogen and oxygen atoms in total. The average molecular weight is 271 g/mol. The topological polar surface area (TPSA) is 61.4 Å². The van der Waals surface area contributed by atoms with Gasteiger partial charge in [-0.2, -0.15) is 0 Å². The first-order valence-electron chi connectivity index (χ1n) is 5.97. The summed E-state index contributed by atoms with van der Waals surface area (Å²) in [6.07, 6.45) is 1.43. The SMILES string of the molecule is Cc1ccc(NC(=O)NC(C)CCCO)cc1Cl. The molecule has 0 bridgehead atoms. The third-order valence-corrected chi connectivity index (χ3v) is 3.01. The number of anilines is 1. The van der Waals surface area contributed by atoms with Crippen LogP contribution in [0, 0.1) is 6.92 Å². The third kappa shape index (κ3) is 4.94. The van der Waals surface area contributed by atoms with Crippen molar-refractivity contribution in [1.29, 1.82) is 0 Å². The number of rotatable bonds is 5. The molecule has 100 valence electrons. The number of carbonyl (C=O) groups excluding carboxylic acids is 1. The van der Waals surface area contributed by atoms with Gasteiger partial charge in [-0.1, -0.05) is 17.7 Å². The van der Waals surface area contributed by atoms with Crippen LogP contribution in [0.25, 0.3) is 0 Å². The maximum Gasteiger partial charge on any atom is 0.319 e. The van der Waals surface area contributed by atoms with Crippen LogP contribution in [0.3, 0.4) is 0 Å². The molecule has 0 aliphatic rings. The molecule has 1 rings (SSSR count). The van der Waals surface area contributed by atoms with Gasteiger partial charge in [0, 0.05) is 23.4 Å². The molecule has 0 saturated carbocycles. The Hall–Kier alpha value is -1.26. The van der Waals surface area contributed by atoms with E-state index in [4.69, 9.17) is 16.7 Å². The molecule has 0 radical (unpaired) electrons. The molecule has 0 spiro atoms. The number of aliphatic hydroxyl groups excluding tert-OH is 1. The number of carbonyl (C=O) groups is 1. The van der Waals surface area contributed by atoms with Crippen LogP contribution in [0.15, 0.2) is 18.2 Å². The molecule has 1 atom stereocenters. The minimum Gasteiger partial charge on any atom is -0.396 e. The highest BCUT2D eigenvalue weighted by Gasteiger charge is 2.07. The number of halogens is 1. The zero-order valence-corrected chi connectivity index (χ0v) is 11.4. The van der Waals surface area contributed by atoms with Gasteiger partial charge >= 0.3 is 6.03 Å². The molecule has 0 aromatic heterocycles. The molecule has 0 saturated heterocycles. The van der Waals surface area contributed by atoms with E-state index in [2.05, 4.69) is 10.6 Å². The molecule has 18 heavy (non-hydrogen) atoms. The lowest BCUT2D eigenvalue weighted by Gasteiger charge is -2.14. The minimum absolute atomic E-state index is 0.0260. The second kappa shape index (κ2) is 7.24. The number of aryl methyl sites for hydroxylation is 1. The van der Waals surface area contributed by atoms with Crippen LogP contribution in [0.2, 0.25) is 5.02 Å². The van der Waals surface area contributed by atoms with Crippen molar-refractivity contribution in [1.82, 2.24) is 5.32 Å². The Morgan fingerprint density at radius 2 is 2.22 bits per heavy atom. The van der Waals surface area contributed by atoms with Crippen LogP contribution >= 0.6 is 11.6 Å². The number of urea groups is 1. The smallest absolute Gasteiger partial charge is 0.319 e. The van der Waals surface area contributed by atoms with Gasteiger partial charge in [0.1, 0.15) is 0 Å². The Bertz CT molecular complexity index is 410.